The first kappa shape index (κ1) is 17.8. The molecule has 0 fully saturated rings. The highest BCUT2D eigenvalue weighted by Gasteiger charge is 2.17. The SMILES string of the molecule is CCC[C@@H](Nc1nc(C)nc2c(C(N)=O)cccc12)c1cccc(F)c1. The van der Waals surface area contributed by atoms with E-state index < -0.39 is 5.91 Å². The number of carbonyl (C=O) groups is 1. The van der Waals surface area contributed by atoms with Crippen molar-refractivity contribution in [2.75, 3.05) is 5.32 Å². The van der Waals surface area contributed by atoms with E-state index in [2.05, 4.69) is 22.2 Å². The average Bonchev–Trinajstić information content (AvgIpc) is 2.60. The van der Waals surface area contributed by atoms with Crippen LogP contribution >= 0.6 is 0 Å². The lowest BCUT2D eigenvalue weighted by molar-refractivity contribution is 0.100. The van der Waals surface area contributed by atoms with Crippen LogP contribution in [0.15, 0.2) is 42.5 Å². The normalized spacial score (nSPS) is 12.1. The van der Waals surface area contributed by atoms with Crippen LogP contribution in [0.5, 0.6) is 0 Å². The molecule has 5 nitrogen and oxygen atoms in total. The number of rotatable bonds is 6. The highest BCUT2D eigenvalue weighted by Crippen LogP contribution is 2.29. The van der Waals surface area contributed by atoms with Crippen LogP contribution in [0.25, 0.3) is 10.9 Å². The number of hydrogen-bond donors (Lipinski definition) is 2. The molecular formula is C20H21FN4O. The van der Waals surface area contributed by atoms with Gasteiger partial charge in [-0.15, -0.1) is 0 Å². The fourth-order valence-corrected chi connectivity index (χ4v) is 3.07. The summed E-state index contributed by atoms with van der Waals surface area (Å²) in [7, 11) is 0. The molecule has 0 aliphatic rings. The summed E-state index contributed by atoms with van der Waals surface area (Å²) in [5.41, 5.74) is 7.20. The summed E-state index contributed by atoms with van der Waals surface area (Å²) >= 11 is 0. The van der Waals surface area contributed by atoms with Gasteiger partial charge in [0.25, 0.3) is 5.91 Å². The number of aryl methyl sites for hydroxylation is 1. The first-order chi connectivity index (χ1) is 12.5. The maximum atomic E-state index is 13.7. The molecule has 0 unspecified atom stereocenters. The Morgan fingerprint density at radius 3 is 2.69 bits per heavy atom. The zero-order valence-electron chi connectivity index (χ0n) is 14.8. The Labute approximate surface area is 151 Å². The third-order valence-corrected chi connectivity index (χ3v) is 4.24. The molecule has 0 radical (unpaired) electrons. The predicted molar refractivity (Wildman–Crippen MR) is 100 cm³/mol. The summed E-state index contributed by atoms with van der Waals surface area (Å²) in [6.07, 6.45) is 1.73. The van der Waals surface area contributed by atoms with Crippen molar-refractivity contribution in [1.82, 2.24) is 9.97 Å². The van der Waals surface area contributed by atoms with E-state index >= 15 is 0 Å². The van der Waals surface area contributed by atoms with Crippen LogP contribution in [-0.4, -0.2) is 15.9 Å². The molecule has 0 aliphatic heterocycles. The van der Waals surface area contributed by atoms with Crippen molar-refractivity contribution < 1.29 is 9.18 Å². The minimum atomic E-state index is -0.533. The molecule has 0 saturated heterocycles. The van der Waals surface area contributed by atoms with Crippen molar-refractivity contribution in [1.29, 1.82) is 0 Å². The van der Waals surface area contributed by atoms with Crippen LogP contribution in [0.4, 0.5) is 10.2 Å². The van der Waals surface area contributed by atoms with Crippen molar-refractivity contribution in [3.8, 4) is 0 Å². The molecule has 0 spiro atoms. The second kappa shape index (κ2) is 7.47. The minimum absolute atomic E-state index is 0.106. The molecule has 1 heterocycles. The Hall–Kier alpha value is -3.02. The molecule has 134 valence electrons. The van der Waals surface area contributed by atoms with Gasteiger partial charge in [-0.25, -0.2) is 14.4 Å². The number of amides is 1. The number of halogens is 1. The third kappa shape index (κ3) is 3.64. The maximum absolute atomic E-state index is 13.7. The number of nitrogens with two attached hydrogens (primary N) is 1. The zero-order chi connectivity index (χ0) is 18.7. The first-order valence-corrected chi connectivity index (χ1v) is 8.58. The number of anilines is 1. The number of aromatic nitrogens is 2. The van der Waals surface area contributed by atoms with Crippen molar-refractivity contribution in [2.45, 2.75) is 32.7 Å². The number of carbonyl (C=O) groups excluding carboxylic acids is 1. The molecule has 0 bridgehead atoms. The lowest BCUT2D eigenvalue weighted by Gasteiger charge is -2.21. The standard InChI is InChI=1S/C20H21FN4O/c1-3-6-17(13-7-4-8-14(21)11-13)25-20-16-10-5-9-15(19(22)26)18(16)23-12(2)24-20/h4-5,7-11,17H,3,6H2,1-2H3,(H2,22,26)(H,23,24,25)/t17-/m1/s1. The predicted octanol–water partition coefficient (Wildman–Crippen LogP) is 4.13. The Morgan fingerprint density at radius 1 is 1.23 bits per heavy atom. The summed E-state index contributed by atoms with van der Waals surface area (Å²) in [6, 6.07) is 11.7. The van der Waals surface area contributed by atoms with Crippen LogP contribution in [-0.2, 0) is 0 Å². The van der Waals surface area contributed by atoms with E-state index in [4.69, 9.17) is 5.73 Å². The molecule has 3 rings (SSSR count). The largest absolute Gasteiger partial charge is 0.366 e. The van der Waals surface area contributed by atoms with E-state index in [1.807, 2.05) is 12.1 Å². The first-order valence-electron chi connectivity index (χ1n) is 8.58. The molecule has 3 N–H and O–H groups in total. The zero-order valence-corrected chi connectivity index (χ0v) is 14.8. The summed E-state index contributed by atoms with van der Waals surface area (Å²) in [5.74, 6) is 0.335. The van der Waals surface area contributed by atoms with Gasteiger partial charge in [0.2, 0.25) is 0 Å². The molecule has 1 amide bonds. The third-order valence-electron chi connectivity index (χ3n) is 4.24. The van der Waals surface area contributed by atoms with E-state index in [1.54, 1.807) is 25.1 Å². The highest BCUT2D eigenvalue weighted by molar-refractivity contribution is 6.07. The van der Waals surface area contributed by atoms with Gasteiger partial charge in [-0.05, 0) is 43.2 Å². The molecule has 0 saturated carbocycles. The quantitative estimate of drug-likeness (QED) is 0.699. The van der Waals surface area contributed by atoms with Crippen LogP contribution in [0.3, 0.4) is 0 Å². The number of primary amides is 1. The van der Waals surface area contributed by atoms with Gasteiger partial charge in [-0.1, -0.05) is 31.5 Å². The van der Waals surface area contributed by atoms with Gasteiger partial charge < -0.3 is 11.1 Å². The van der Waals surface area contributed by atoms with E-state index in [0.717, 1.165) is 18.4 Å². The highest BCUT2D eigenvalue weighted by atomic mass is 19.1. The van der Waals surface area contributed by atoms with Crippen LogP contribution in [0, 0.1) is 12.7 Å². The lowest BCUT2D eigenvalue weighted by atomic mass is 10.0. The lowest BCUT2D eigenvalue weighted by Crippen LogP contribution is -2.15. The topological polar surface area (TPSA) is 80.9 Å². The summed E-state index contributed by atoms with van der Waals surface area (Å²) in [5, 5.41) is 4.12. The number of fused-ring (bicyclic) bond motifs is 1. The minimum Gasteiger partial charge on any atom is -0.366 e. The smallest absolute Gasteiger partial charge is 0.250 e. The Balaban J connectivity index is 2.09. The van der Waals surface area contributed by atoms with Gasteiger partial charge in [0.1, 0.15) is 17.5 Å². The molecule has 3 aromatic rings. The Kier molecular flexibility index (Phi) is 5.11. The van der Waals surface area contributed by atoms with E-state index in [9.17, 15) is 9.18 Å². The summed E-state index contributed by atoms with van der Waals surface area (Å²) in [6.45, 7) is 3.84. The van der Waals surface area contributed by atoms with Gasteiger partial charge in [-0.2, -0.15) is 0 Å². The second-order valence-electron chi connectivity index (χ2n) is 6.23. The molecule has 6 heteroatoms. The van der Waals surface area contributed by atoms with E-state index in [0.29, 0.717) is 28.1 Å². The van der Waals surface area contributed by atoms with Gasteiger partial charge >= 0.3 is 0 Å². The number of nitrogens with zero attached hydrogens (tertiary/aromatic N) is 2. The molecule has 2 aromatic carbocycles. The van der Waals surface area contributed by atoms with Gasteiger partial charge in [-0.3, -0.25) is 4.79 Å². The second-order valence-corrected chi connectivity index (χ2v) is 6.23. The Morgan fingerprint density at radius 2 is 2.00 bits per heavy atom. The number of nitrogens with one attached hydrogen (secondary N) is 1. The van der Waals surface area contributed by atoms with Crippen molar-refractivity contribution in [2.24, 2.45) is 5.73 Å². The molecule has 26 heavy (non-hydrogen) atoms. The fourth-order valence-electron chi connectivity index (χ4n) is 3.07. The van der Waals surface area contributed by atoms with Crippen LogP contribution in [0.1, 0.15) is 47.6 Å². The Bertz CT molecular complexity index is 958. The fraction of sp³-hybridized carbons (Fsp3) is 0.250. The van der Waals surface area contributed by atoms with E-state index in [1.165, 1.54) is 12.1 Å². The van der Waals surface area contributed by atoms with Crippen LogP contribution in [0.2, 0.25) is 0 Å². The average molecular weight is 352 g/mol. The summed E-state index contributed by atoms with van der Waals surface area (Å²) in [4.78, 5) is 20.6. The summed E-state index contributed by atoms with van der Waals surface area (Å²) < 4.78 is 13.7. The number of hydrogen-bond acceptors (Lipinski definition) is 4. The number of benzene rings is 2. The van der Waals surface area contributed by atoms with Crippen molar-refractivity contribution in [3.05, 3.63) is 65.2 Å². The maximum Gasteiger partial charge on any atom is 0.250 e. The molecule has 1 atom stereocenters. The molecule has 1 aromatic heterocycles. The molecule has 0 aliphatic carbocycles. The van der Waals surface area contributed by atoms with Crippen molar-refractivity contribution >= 4 is 22.6 Å². The van der Waals surface area contributed by atoms with Gasteiger partial charge in [0, 0.05) is 5.39 Å². The molecular weight excluding hydrogens is 331 g/mol. The van der Waals surface area contributed by atoms with E-state index in [-0.39, 0.29) is 11.9 Å². The van der Waals surface area contributed by atoms with Gasteiger partial charge in [0.15, 0.2) is 0 Å². The van der Waals surface area contributed by atoms with Crippen LogP contribution < -0.4 is 11.1 Å². The van der Waals surface area contributed by atoms with Gasteiger partial charge in [0.05, 0.1) is 17.1 Å². The number of para-hydroxylation sites is 1. The van der Waals surface area contributed by atoms with Crippen molar-refractivity contribution in [3.63, 3.8) is 0 Å². The monoisotopic (exact) mass is 352 g/mol.